The number of hydrogen-bond acceptors (Lipinski definition) is 2. The molecule has 2 atom stereocenters. The van der Waals surface area contributed by atoms with E-state index >= 15 is 0 Å². The molecule has 0 fully saturated rings. The zero-order valence-corrected chi connectivity index (χ0v) is 13.7. The van der Waals surface area contributed by atoms with Crippen molar-refractivity contribution in [2.45, 2.75) is 45.1 Å². The van der Waals surface area contributed by atoms with Crippen molar-refractivity contribution in [2.24, 2.45) is 0 Å². The van der Waals surface area contributed by atoms with Gasteiger partial charge in [0.15, 0.2) is 0 Å². The fourth-order valence-electron chi connectivity index (χ4n) is 2.99. The van der Waals surface area contributed by atoms with Crippen LogP contribution < -0.4 is 5.32 Å². The first-order valence-electron chi connectivity index (χ1n) is 7.61. The Labute approximate surface area is 128 Å². The van der Waals surface area contributed by atoms with Gasteiger partial charge in [0.25, 0.3) is 0 Å². The number of aromatic nitrogens is 1. The van der Waals surface area contributed by atoms with Crippen LogP contribution in [0.5, 0.6) is 0 Å². The van der Waals surface area contributed by atoms with Gasteiger partial charge in [-0.15, -0.1) is 0 Å². The van der Waals surface area contributed by atoms with Gasteiger partial charge in [0.2, 0.25) is 0 Å². The summed E-state index contributed by atoms with van der Waals surface area (Å²) >= 11 is 0. The Morgan fingerprint density at radius 3 is 2.19 bits per heavy atom. The summed E-state index contributed by atoms with van der Waals surface area (Å²) in [5, 5.41) is 3.51. The summed E-state index contributed by atoms with van der Waals surface area (Å²) < 4.78 is 0. The van der Waals surface area contributed by atoms with E-state index in [0.29, 0.717) is 12.0 Å². The molecular formula is C19H26N2. The molecule has 0 spiro atoms. The Kier molecular flexibility index (Phi) is 4.79. The summed E-state index contributed by atoms with van der Waals surface area (Å²) in [6, 6.07) is 13.3. The number of hydrogen-bond donors (Lipinski definition) is 1. The van der Waals surface area contributed by atoms with Crippen LogP contribution in [0, 0.1) is 0 Å². The fourth-order valence-corrected chi connectivity index (χ4v) is 2.99. The third-order valence-electron chi connectivity index (χ3n) is 4.15. The molecule has 1 aromatic heterocycles. The number of nitrogens with zero attached hydrogens (tertiary/aromatic N) is 1. The van der Waals surface area contributed by atoms with E-state index in [-0.39, 0.29) is 5.41 Å². The van der Waals surface area contributed by atoms with Gasteiger partial charge in [0.1, 0.15) is 0 Å². The molecule has 2 heteroatoms. The molecule has 112 valence electrons. The van der Waals surface area contributed by atoms with Gasteiger partial charge in [0.05, 0.1) is 0 Å². The van der Waals surface area contributed by atoms with E-state index in [2.05, 4.69) is 74.4 Å². The largest absolute Gasteiger partial charge is 0.312 e. The molecule has 1 N–H and O–H groups in total. The maximum absolute atomic E-state index is 4.12. The third kappa shape index (κ3) is 3.51. The lowest BCUT2D eigenvalue weighted by atomic mass is 9.78. The molecule has 1 heterocycles. The van der Waals surface area contributed by atoms with Crippen LogP contribution >= 0.6 is 0 Å². The van der Waals surface area contributed by atoms with Crippen molar-refractivity contribution in [1.82, 2.24) is 10.3 Å². The van der Waals surface area contributed by atoms with Crippen molar-refractivity contribution in [3.63, 3.8) is 0 Å². The van der Waals surface area contributed by atoms with Crippen LogP contribution in [0.1, 0.15) is 56.3 Å². The van der Waals surface area contributed by atoms with Crippen molar-refractivity contribution in [2.75, 3.05) is 7.05 Å². The van der Waals surface area contributed by atoms with Gasteiger partial charge in [0, 0.05) is 24.4 Å². The highest BCUT2D eigenvalue weighted by molar-refractivity contribution is 5.37. The van der Waals surface area contributed by atoms with Gasteiger partial charge in [-0.1, -0.05) is 52.0 Å². The molecular weight excluding hydrogens is 256 g/mol. The second-order valence-electron chi connectivity index (χ2n) is 6.67. The highest BCUT2D eigenvalue weighted by atomic mass is 14.9. The van der Waals surface area contributed by atoms with Crippen LogP contribution in [0.15, 0.2) is 48.8 Å². The highest BCUT2D eigenvalue weighted by Gasteiger charge is 2.25. The molecule has 2 aromatic rings. The molecule has 0 aliphatic heterocycles. The maximum Gasteiger partial charge on any atom is 0.0387 e. The minimum Gasteiger partial charge on any atom is -0.312 e. The summed E-state index contributed by atoms with van der Waals surface area (Å²) in [5.74, 6) is 0.390. The van der Waals surface area contributed by atoms with Crippen LogP contribution in [0.4, 0.5) is 0 Å². The Morgan fingerprint density at radius 1 is 1.00 bits per heavy atom. The lowest BCUT2D eigenvalue weighted by molar-refractivity contribution is 0.486. The van der Waals surface area contributed by atoms with E-state index in [1.165, 1.54) is 16.7 Å². The quantitative estimate of drug-likeness (QED) is 0.896. The average molecular weight is 282 g/mol. The van der Waals surface area contributed by atoms with Crippen molar-refractivity contribution in [3.8, 4) is 0 Å². The molecule has 0 amide bonds. The van der Waals surface area contributed by atoms with E-state index in [1.807, 2.05) is 19.4 Å². The molecule has 0 saturated carbocycles. The van der Waals surface area contributed by atoms with Gasteiger partial charge < -0.3 is 5.32 Å². The molecule has 0 radical (unpaired) electrons. The topological polar surface area (TPSA) is 24.9 Å². The number of rotatable bonds is 4. The molecule has 2 unspecified atom stereocenters. The third-order valence-corrected chi connectivity index (χ3v) is 4.15. The minimum atomic E-state index is 0.143. The predicted molar refractivity (Wildman–Crippen MR) is 89.6 cm³/mol. The average Bonchev–Trinajstić information content (AvgIpc) is 2.48. The van der Waals surface area contributed by atoms with Crippen LogP contribution in [0.25, 0.3) is 0 Å². The van der Waals surface area contributed by atoms with Crippen molar-refractivity contribution in [1.29, 1.82) is 0 Å². The number of nitrogens with one attached hydrogen (secondary N) is 1. The molecule has 1 aromatic carbocycles. The molecule has 0 saturated heterocycles. The highest BCUT2D eigenvalue weighted by Crippen LogP contribution is 2.36. The summed E-state index contributed by atoms with van der Waals surface area (Å²) in [7, 11) is 2.04. The molecule has 0 bridgehead atoms. The zero-order valence-electron chi connectivity index (χ0n) is 13.7. The molecule has 21 heavy (non-hydrogen) atoms. The minimum absolute atomic E-state index is 0.143. The predicted octanol–water partition coefficient (Wildman–Crippen LogP) is 4.44. The smallest absolute Gasteiger partial charge is 0.0387 e. The van der Waals surface area contributed by atoms with Crippen LogP contribution in [0.3, 0.4) is 0 Å². The Balaban J connectivity index is 2.43. The number of benzene rings is 1. The van der Waals surface area contributed by atoms with Crippen molar-refractivity contribution >= 4 is 0 Å². The summed E-state index contributed by atoms with van der Waals surface area (Å²) in [6.45, 7) is 9.09. The first-order chi connectivity index (χ1) is 9.95. The second-order valence-corrected chi connectivity index (χ2v) is 6.67. The Hall–Kier alpha value is -1.67. The SMILES string of the molecule is CNC(c1ccccc1C(C)(C)C)C(C)c1ccncc1. The lowest BCUT2D eigenvalue weighted by Crippen LogP contribution is -2.26. The molecule has 0 aliphatic carbocycles. The summed E-state index contributed by atoms with van der Waals surface area (Å²) in [4.78, 5) is 4.12. The van der Waals surface area contributed by atoms with E-state index in [1.54, 1.807) is 0 Å². The Bertz CT molecular complexity index is 570. The van der Waals surface area contributed by atoms with Crippen LogP contribution in [-0.2, 0) is 5.41 Å². The lowest BCUT2D eigenvalue weighted by Gasteiger charge is -2.31. The number of pyridine rings is 1. The monoisotopic (exact) mass is 282 g/mol. The summed E-state index contributed by atoms with van der Waals surface area (Å²) in [5.41, 5.74) is 4.25. The first kappa shape index (κ1) is 15.7. The van der Waals surface area contributed by atoms with Gasteiger partial charge in [-0.25, -0.2) is 0 Å². The zero-order chi connectivity index (χ0) is 15.5. The summed E-state index contributed by atoms with van der Waals surface area (Å²) in [6.07, 6.45) is 3.74. The first-order valence-corrected chi connectivity index (χ1v) is 7.61. The van der Waals surface area contributed by atoms with E-state index in [0.717, 1.165) is 0 Å². The van der Waals surface area contributed by atoms with Crippen LogP contribution in [-0.4, -0.2) is 12.0 Å². The van der Waals surface area contributed by atoms with E-state index < -0.39 is 0 Å². The maximum atomic E-state index is 4.12. The van der Waals surface area contributed by atoms with Gasteiger partial charge in [-0.2, -0.15) is 0 Å². The van der Waals surface area contributed by atoms with E-state index in [4.69, 9.17) is 0 Å². The van der Waals surface area contributed by atoms with Gasteiger partial charge in [-0.05, 0) is 41.3 Å². The number of likely N-dealkylation sites (N-methyl/N-ethyl adjacent to an activating group) is 1. The van der Waals surface area contributed by atoms with Gasteiger partial charge >= 0.3 is 0 Å². The molecule has 2 rings (SSSR count). The normalized spacial score (nSPS) is 14.7. The fraction of sp³-hybridized carbons (Fsp3) is 0.421. The van der Waals surface area contributed by atoms with E-state index in [9.17, 15) is 0 Å². The van der Waals surface area contributed by atoms with Crippen LogP contribution in [0.2, 0.25) is 0 Å². The second kappa shape index (κ2) is 6.40. The van der Waals surface area contributed by atoms with Gasteiger partial charge in [-0.3, -0.25) is 4.98 Å². The van der Waals surface area contributed by atoms with Crippen molar-refractivity contribution in [3.05, 3.63) is 65.5 Å². The molecule has 0 aliphatic rings. The van der Waals surface area contributed by atoms with Crippen molar-refractivity contribution < 1.29 is 0 Å². The Morgan fingerprint density at radius 2 is 1.62 bits per heavy atom. The molecule has 2 nitrogen and oxygen atoms in total. The standard InChI is InChI=1S/C19H26N2/c1-14(15-10-12-21-13-11-15)18(20-5)16-8-6-7-9-17(16)19(2,3)4/h6-14,18,20H,1-5H3.